The molecule has 0 atom stereocenters. The van der Waals surface area contributed by atoms with E-state index in [0.717, 1.165) is 12.1 Å². The zero-order chi connectivity index (χ0) is 15.2. The van der Waals surface area contributed by atoms with E-state index in [0.29, 0.717) is 28.1 Å². The van der Waals surface area contributed by atoms with Crippen molar-refractivity contribution in [1.82, 2.24) is 5.32 Å². The molecular weight excluding hydrogens is 335 g/mol. The highest BCUT2D eigenvalue weighted by molar-refractivity contribution is 9.10. The summed E-state index contributed by atoms with van der Waals surface area (Å²) in [5.74, 6) is 0.356. The molecule has 2 aromatic rings. The van der Waals surface area contributed by atoms with Gasteiger partial charge in [0, 0.05) is 17.1 Å². The predicted molar refractivity (Wildman–Crippen MR) is 82.7 cm³/mol. The van der Waals surface area contributed by atoms with Crippen LogP contribution in [0.25, 0.3) is 0 Å². The van der Waals surface area contributed by atoms with E-state index < -0.39 is 5.82 Å². The van der Waals surface area contributed by atoms with E-state index in [1.165, 1.54) is 12.1 Å². The predicted octanol–water partition coefficient (Wildman–Crippen LogP) is 4.36. The van der Waals surface area contributed by atoms with Gasteiger partial charge in [-0.05, 0) is 36.4 Å². The van der Waals surface area contributed by atoms with Gasteiger partial charge in [0.2, 0.25) is 0 Å². The second-order valence-corrected chi connectivity index (χ2v) is 5.35. The normalized spacial score (nSPS) is 10.2. The summed E-state index contributed by atoms with van der Waals surface area (Å²) < 4.78 is 19.5. The van der Waals surface area contributed by atoms with Gasteiger partial charge in [-0.3, -0.25) is 0 Å². The summed E-state index contributed by atoms with van der Waals surface area (Å²) >= 11 is 3.21. The van der Waals surface area contributed by atoms with Gasteiger partial charge in [-0.1, -0.05) is 28.9 Å². The van der Waals surface area contributed by atoms with E-state index in [-0.39, 0.29) is 0 Å². The molecule has 0 amide bonds. The lowest BCUT2D eigenvalue weighted by Crippen LogP contribution is -2.11. The van der Waals surface area contributed by atoms with Crippen molar-refractivity contribution in [2.45, 2.75) is 13.5 Å². The van der Waals surface area contributed by atoms with Gasteiger partial charge >= 0.3 is 0 Å². The molecule has 0 saturated carbocycles. The largest absolute Gasteiger partial charge is 0.456 e. The fourth-order valence-corrected chi connectivity index (χ4v) is 2.29. The van der Waals surface area contributed by atoms with Gasteiger partial charge in [0.05, 0.1) is 5.56 Å². The van der Waals surface area contributed by atoms with Gasteiger partial charge in [0.1, 0.15) is 23.4 Å². The maximum atomic E-state index is 13.3. The summed E-state index contributed by atoms with van der Waals surface area (Å²) in [6.07, 6.45) is 0. The van der Waals surface area contributed by atoms with Crippen molar-refractivity contribution in [2.75, 3.05) is 6.54 Å². The number of halogens is 2. The minimum absolute atomic E-state index is 0.345. The summed E-state index contributed by atoms with van der Waals surface area (Å²) in [6, 6.07) is 11.8. The third-order valence-corrected chi connectivity index (χ3v) is 3.27. The van der Waals surface area contributed by atoms with Crippen LogP contribution >= 0.6 is 15.9 Å². The number of ether oxygens (including phenoxy) is 1. The first-order valence-electron chi connectivity index (χ1n) is 6.50. The molecule has 5 heteroatoms. The lowest BCUT2D eigenvalue weighted by Gasteiger charge is -2.10. The number of hydrogen-bond donors (Lipinski definition) is 1. The van der Waals surface area contributed by atoms with Gasteiger partial charge in [-0.2, -0.15) is 5.26 Å². The molecule has 0 heterocycles. The Balaban J connectivity index is 2.25. The Kier molecular flexibility index (Phi) is 5.32. The number of rotatable bonds is 5. The molecule has 0 radical (unpaired) electrons. The highest BCUT2D eigenvalue weighted by Crippen LogP contribution is 2.28. The third-order valence-electron chi connectivity index (χ3n) is 2.81. The van der Waals surface area contributed by atoms with Gasteiger partial charge < -0.3 is 10.1 Å². The van der Waals surface area contributed by atoms with E-state index in [2.05, 4.69) is 27.3 Å². The maximum absolute atomic E-state index is 13.3. The van der Waals surface area contributed by atoms with Gasteiger partial charge in [-0.15, -0.1) is 0 Å². The average molecular weight is 349 g/mol. The Morgan fingerprint density at radius 1 is 1.29 bits per heavy atom. The van der Waals surface area contributed by atoms with Crippen LogP contribution in [0.2, 0.25) is 0 Å². The number of nitriles is 1. The second kappa shape index (κ2) is 7.21. The van der Waals surface area contributed by atoms with Crippen LogP contribution in [0.4, 0.5) is 4.39 Å². The summed E-state index contributed by atoms with van der Waals surface area (Å²) in [5.41, 5.74) is 1.42. The topological polar surface area (TPSA) is 45.0 Å². The molecule has 0 unspecified atom stereocenters. The molecular formula is C16H14BrFN2O. The summed E-state index contributed by atoms with van der Waals surface area (Å²) in [4.78, 5) is 0. The average Bonchev–Trinajstić information content (AvgIpc) is 2.45. The van der Waals surface area contributed by atoms with Crippen LogP contribution in [0, 0.1) is 17.1 Å². The van der Waals surface area contributed by atoms with E-state index in [4.69, 9.17) is 4.74 Å². The number of nitrogens with zero attached hydrogens (tertiary/aromatic N) is 1. The lowest BCUT2D eigenvalue weighted by molar-refractivity contribution is 0.474. The quantitative estimate of drug-likeness (QED) is 0.872. The van der Waals surface area contributed by atoms with Crippen LogP contribution in [0.15, 0.2) is 40.9 Å². The fourth-order valence-electron chi connectivity index (χ4n) is 1.85. The van der Waals surface area contributed by atoms with Crippen LogP contribution in [0.5, 0.6) is 11.5 Å². The molecule has 0 saturated heterocycles. The minimum atomic E-state index is -0.401. The first-order valence-corrected chi connectivity index (χ1v) is 7.29. The number of nitrogens with one attached hydrogen (secondary N) is 1. The molecule has 2 rings (SSSR count). The van der Waals surface area contributed by atoms with Crippen LogP contribution in [-0.4, -0.2) is 6.54 Å². The second-order valence-electron chi connectivity index (χ2n) is 4.43. The molecule has 0 aliphatic rings. The van der Waals surface area contributed by atoms with E-state index in [1.54, 1.807) is 18.2 Å². The minimum Gasteiger partial charge on any atom is -0.456 e. The molecule has 21 heavy (non-hydrogen) atoms. The molecule has 0 bridgehead atoms. The number of benzene rings is 2. The van der Waals surface area contributed by atoms with E-state index in [1.807, 2.05) is 13.0 Å². The van der Waals surface area contributed by atoms with Crippen LogP contribution in [0.1, 0.15) is 18.1 Å². The Bertz CT molecular complexity index is 662. The maximum Gasteiger partial charge on any atom is 0.145 e. The molecule has 0 spiro atoms. The fraction of sp³-hybridized carbons (Fsp3) is 0.188. The van der Waals surface area contributed by atoms with Crippen LogP contribution in [-0.2, 0) is 6.54 Å². The lowest BCUT2D eigenvalue weighted by atomic mass is 10.1. The molecule has 108 valence electrons. The van der Waals surface area contributed by atoms with Crippen molar-refractivity contribution >= 4 is 15.9 Å². The van der Waals surface area contributed by atoms with Gasteiger partial charge in [-0.25, -0.2) is 4.39 Å². The van der Waals surface area contributed by atoms with Crippen molar-refractivity contribution in [3.05, 3.63) is 57.8 Å². The van der Waals surface area contributed by atoms with Crippen LogP contribution in [0.3, 0.4) is 0 Å². The van der Waals surface area contributed by atoms with Crippen LogP contribution < -0.4 is 10.1 Å². The number of hydrogen-bond acceptors (Lipinski definition) is 3. The van der Waals surface area contributed by atoms with Crippen molar-refractivity contribution < 1.29 is 9.13 Å². The zero-order valence-corrected chi connectivity index (χ0v) is 13.1. The first kappa shape index (κ1) is 15.5. The smallest absolute Gasteiger partial charge is 0.145 e. The zero-order valence-electron chi connectivity index (χ0n) is 11.5. The summed E-state index contributed by atoms with van der Waals surface area (Å²) in [7, 11) is 0. The highest BCUT2D eigenvalue weighted by atomic mass is 79.9. The highest BCUT2D eigenvalue weighted by Gasteiger charge is 2.08. The summed E-state index contributed by atoms with van der Waals surface area (Å²) in [6.45, 7) is 3.57. The molecule has 0 aromatic heterocycles. The van der Waals surface area contributed by atoms with Gasteiger partial charge in [0.25, 0.3) is 0 Å². The van der Waals surface area contributed by atoms with E-state index >= 15 is 0 Å². The Hall–Kier alpha value is -1.90. The van der Waals surface area contributed by atoms with Crippen molar-refractivity contribution in [3.8, 4) is 17.6 Å². The molecule has 2 aromatic carbocycles. The van der Waals surface area contributed by atoms with Gasteiger partial charge in [0.15, 0.2) is 0 Å². The standard InChI is InChI=1S/C16H14BrFN2O/c1-2-20-10-11-3-4-16(12(5-11)9-19)21-15-7-13(17)6-14(18)8-15/h3-8,20H,2,10H2,1H3. The Morgan fingerprint density at radius 2 is 2.10 bits per heavy atom. The molecule has 3 nitrogen and oxygen atoms in total. The Morgan fingerprint density at radius 3 is 2.76 bits per heavy atom. The van der Waals surface area contributed by atoms with E-state index in [9.17, 15) is 9.65 Å². The molecule has 0 aliphatic carbocycles. The van der Waals surface area contributed by atoms with Crippen molar-refractivity contribution in [1.29, 1.82) is 5.26 Å². The first-order chi connectivity index (χ1) is 10.1. The SMILES string of the molecule is CCNCc1ccc(Oc2cc(F)cc(Br)c2)c(C#N)c1. The summed E-state index contributed by atoms with van der Waals surface area (Å²) in [5, 5.41) is 12.4. The van der Waals surface area contributed by atoms with Crippen molar-refractivity contribution in [2.24, 2.45) is 0 Å². The monoisotopic (exact) mass is 348 g/mol. The Labute approximate surface area is 131 Å². The molecule has 0 aliphatic heterocycles. The molecule has 1 N–H and O–H groups in total. The van der Waals surface area contributed by atoms with Crippen molar-refractivity contribution in [3.63, 3.8) is 0 Å². The third kappa shape index (κ3) is 4.28. The molecule has 0 fully saturated rings.